The van der Waals surface area contributed by atoms with Crippen LogP contribution in [0.3, 0.4) is 0 Å². The summed E-state index contributed by atoms with van der Waals surface area (Å²) in [4.78, 5) is 0. The Morgan fingerprint density at radius 2 is 2.36 bits per heavy atom. The first-order chi connectivity index (χ1) is 5.24. The molecule has 2 atom stereocenters. The van der Waals surface area contributed by atoms with E-state index in [1.807, 2.05) is 0 Å². The number of halogens is 1. The lowest BCUT2D eigenvalue weighted by molar-refractivity contribution is 0.0200. The van der Waals surface area contributed by atoms with Crippen LogP contribution in [0.25, 0.3) is 0 Å². The highest BCUT2D eigenvalue weighted by atomic mass is 19.1. The maximum absolute atomic E-state index is 11.9. The van der Waals surface area contributed by atoms with Crippen molar-refractivity contribution in [2.75, 3.05) is 19.8 Å². The van der Waals surface area contributed by atoms with Gasteiger partial charge < -0.3 is 5.11 Å². The first kappa shape index (κ1) is 8.90. The standard InChI is InChI=1S/C7H15FN2O/c8-3-1-6-5-10(9)4-2-7(6)11/h6-7,11H,1-5,9H2/t6-,7-/m1/s1. The highest BCUT2D eigenvalue weighted by Gasteiger charge is 2.25. The van der Waals surface area contributed by atoms with Gasteiger partial charge in [-0.15, -0.1) is 0 Å². The molecular formula is C7H15FN2O. The van der Waals surface area contributed by atoms with Crippen molar-refractivity contribution in [3.63, 3.8) is 0 Å². The van der Waals surface area contributed by atoms with Gasteiger partial charge >= 0.3 is 0 Å². The number of hydrazine groups is 1. The smallest absolute Gasteiger partial charge is 0.0898 e. The monoisotopic (exact) mass is 162 g/mol. The van der Waals surface area contributed by atoms with Crippen LogP contribution in [0.2, 0.25) is 0 Å². The minimum atomic E-state index is -0.366. The van der Waals surface area contributed by atoms with Gasteiger partial charge in [0.25, 0.3) is 0 Å². The molecule has 1 aliphatic heterocycles. The normalized spacial score (nSPS) is 34.1. The summed E-state index contributed by atoms with van der Waals surface area (Å²) in [6.45, 7) is 0.963. The van der Waals surface area contributed by atoms with Crippen LogP contribution < -0.4 is 5.84 Å². The minimum Gasteiger partial charge on any atom is -0.393 e. The third kappa shape index (κ3) is 2.39. The van der Waals surface area contributed by atoms with Gasteiger partial charge in [0, 0.05) is 19.0 Å². The number of aliphatic hydroxyl groups is 1. The Labute approximate surface area is 66.0 Å². The SMILES string of the molecule is NN1CC[C@@H](O)[C@H](CCF)C1. The average molecular weight is 162 g/mol. The molecular weight excluding hydrogens is 147 g/mol. The molecule has 1 saturated heterocycles. The van der Waals surface area contributed by atoms with Gasteiger partial charge in [0.1, 0.15) is 0 Å². The van der Waals surface area contributed by atoms with Gasteiger partial charge in [-0.1, -0.05) is 0 Å². The second-order valence-corrected chi connectivity index (χ2v) is 3.09. The molecule has 3 N–H and O–H groups in total. The zero-order chi connectivity index (χ0) is 8.27. The quantitative estimate of drug-likeness (QED) is 0.557. The van der Waals surface area contributed by atoms with E-state index in [2.05, 4.69) is 0 Å². The summed E-state index contributed by atoms with van der Waals surface area (Å²) in [6.07, 6.45) is 0.737. The van der Waals surface area contributed by atoms with E-state index in [0.717, 1.165) is 0 Å². The second-order valence-electron chi connectivity index (χ2n) is 3.09. The Hall–Kier alpha value is -0.190. The van der Waals surface area contributed by atoms with Crippen molar-refractivity contribution in [3.8, 4) is 0 Å². The minimum absolute atomic E-state index is 0.0266. The number of nitrogens with zero attached hydrogens (tertiary/aromatic N) is 1. The summed E-state index contributed by atoms with van der Waals surface area (Å²) < 4.78 is 11.9. The number of rotatable bonds is 2. The molecule has 0 saturated carbocycles. The van der Waals surface area contributed by atoms with Crippen LogP contribution in [0.4, 0.5) is 4.39 Å². The molecule has 3 nitrogen and oxygen atoms in total. The molecule has 1 heterocycles. The fourth-order valence-corrected chi connectivity index (χ4v) is 1.47. The first-order valence-electron chi connectivity index (χ1n) is 3.97. The van der Waals surface area contributed by atoms with Crippen molar-refractivity contribution in [1.29, 1.82) is 0 Å². The van der Waals surface area contributed by atoms with Gasteiger partial charge in [0.2, 0.25) is 0 Å². The maximum Gasteiger partial charge on any atom is 0.0898 e. The lowest BCUT2D eigenvalue weighted by Crippen LogP contribution is -2.46. The van der Waals surface area contributed by atoms with Crippen molar-refractivity contribution in [2.24, 2.45) is 11.8 Å². The van der Waals surface area contributed by atoms with E-state index in [1.54, 1.807) is 5.01 Å². The number of piperidine rings is 1. The molecule has 1 aliphatic rings. The fraction of sp³-hybridized carbons (Fsp3) is 1.00. The molecule has 11 heavy (non-hydrogen) atoms. The van der Waals surface area contributed by atoms with Crippen LogP contribution in [0.15, 0.2) is 0 Å². The molecule has 66 valence electrons. The summed E-state index contributed by atoms with van der Waals surface area (Å²) in [5, 5.41) is 11.0. The Morgan fingerprint density at radius 3 is 3.00 bits per heavy atom. The summed E-state index contributed by atoms with van der Waals surface area (Å²) in [6, 6.07) is 0. The highest BCUT2D eigenvalue weighted by molar-refractivity contribution is 4.77. The molecule has 0 aromatic carbocycles. The van der Waals surface area contributed by atoms with E-state index in [0.29, 0.717) is 25.9 Å². The summed E-state index contributed by atoms with van der Waals surface area (Å²) >= 11 is 0. The largest absolute Gasteiger partial charge is 0.393 e. The van der Waals surface area contributed by atoms with E-state index in [9.17, 15) is 9.50 Å². The molecule has 0 spiro atoms. The van der Waals surface area contributed by atoms with E-state index < -0.39 is 0 Å². The molecule has 4 heteroatoms. The highest BCUT2D eigenvalue weighted by Crippen LogP contribution is 2.18. The predicted octanol–water partition coefficient (Wildman–Crippen LogP) is -0.0975. The van der Waals surface area contributed by atoms with Gasteiger partial charge in [-0.25, -0.2) is 5.01 Å². The van der Waals surface area contributed by atoms with Crippen molar-refractivity contribution in [1.82, 2.24) is 5.01 Å². The van der Waals surface area contributed by atoms with Crippen LogP contribution >= 0.6 is 0 Å². The Kier molecular flexibility index (Phi) is 3.23. The Balaban J connectivity index is 2.34. The van der Waals surface area contributed by atoms with Gasteiger partial charge in [-0.3, -0.25) is 10.2 Å². The zero-order valence-electron chi connectivity index (χ0n) is 6.54. The Morgan fingerprint density at radius 1 is 1.64 bits per heavy atom. The third-order valence-corrected chi connectivity index (χ3v) is 2.21. The summed E-state index contributed by atoms with van der Waals surface area (Å²) in [5.41, 5.74) is 0. The molecule has 0 aliphatic carbocycles. The van der Waals surface area contributed by atoms with Crippen molar-refractivity contribution in [2.45, 2.75) is 18.9 Å². The van der Waals surface area contributed by atoms with Crippen molar-refractivity contribution < 1.29 is 9.50 Å². The van der Waals surface area contributed by atoms with Crippen LogP contribution in [-0.4, -0.2) is 36.0 Å². The fourth-order valence-electron chi connectivity index (χ4n) is 1.47. The molecule has 0 radical (unpaired) electrons. The number of nitrogens with two attached hydrogens (primary N) is 1. The molecule has 0 aromatic rings. The zero-order valence-corrected chi connectivity index (χ0v) is 6.54. The van der Waals surface area contributed by atoms with Crippen LogP contribution in [0.1, 0.15) is 12.8 Å². The predicted molar refractivity (Wildman–Crippen MR) is 40.5 cm³/mol. The summed E-state index contributed by atoms with van der Waals surface area (Å²) in [5.74, 6) is 5.54. The molecule has 0 unspecified atom stereocenters. The lowest BCUT2D eigenvalue weighted by Gasteiger charge is -2.32. The van der Waals surface area contributed by atoms with E-state index in [1.165, 1.54) is 0 Å². The van der Waals surface area contributed by atoms with Crippen LogP contribution in [-0.2, 0) is 0 Å². The maximum atomic E-state index is 11.9. The van der Waals surface area contributed by atoms with E-state index in [-0.39, 0.29) is 18.7 Å². The molecule has 0 amide bonds. The van der Waals surface area contributed by atoms with E-state index >= 15 is 0 Å². The third-order valence-electron chi connectivity index (χ3n) is 2.21. The van der Waals surface area contributed by atoms with Crippen molar-refractivity contribution in [3.05, 3.63) is 0 Å². The second kappa shape index (κ2) is 3.99. The summed E-state index contributed by atoms with van der Waals surface area (Å²) in [7, 11) is 0. The topological polar surface area (TPSA) is 49.5 Å². The number of hydrogen-bond acceptors (Lipinski definition) is 3. The molecule has 1 fully saturated rings. The number of aliphatic hydroxyl groups excluding tert-OH is 1. The number of alkyl halides is 1. The van der Waals surface area contributed by atoms with Gasteiger partial charge in [-0.2, -0.15) is 0 Å². The molecule has 1 rings (SSSR count). The lowest BCUT2D eigenvalue weighted by atomic mass is 9.93. The Bertz CT molecular complexity index is 123. The molecule has 0 aromatic heterocycles. The van der Waals surface area contributed by atoms with Crippen molar-refractivity contribution >= 4 is 0 Å². The first-order valence-corrected chi connectivity index (χ1v) is 3.97. The van der Waals surface area contributed by atoms with Gasteiger partial charge in [-0.05, 0) is 12.8 Å². The average Bonchev–Trinajstić information content (AvgIpc) is 1.98. The van der Waals surface area contributed by atoms with Crippen LogP contribution in [0, 0.1) is 5.92 Å². The van der Waals surface area contributed by atoms with Crippen LogP contribution in [0.5, 0.6) is 0 Å². The van der Waals surface area contributed by atoms with Gasteiger partial charge in [0.05, 0.1) is 12.8 Å². The number of hydrogen-bond donors (Lipinski definition) is 2. The molecule has 0 bridgehead atoms. The van der Waals surface area contributed by atoms with E-state index in [4.69, 9.17) is 5.84 Å². The van der Waals surface area contributed by atoms with Gasteiger partial charge in [0.15, 0.2) is 0 Å².